The van der Waals surface area contributed by atoms with Crippen LogP contribution >= 0.6 is 0 Å². The van der Waals surface area contributed by atoms with Gasteiger partial charge < -0.3 is 10.1 Å². The molecule has 0 saturated heterocycles. The summed E-state index contributed by atoms with van der Waals surface area (Å²) in [6.45, 7) is 3.86. The van der Waals surface area contributed by atoms with Crippen molar-refractivity contribution >= 4 is 0 Å². The lowest BCUT2D eigenvalue weighted by Crippen LogP contribution is -2.24. The number of nitrogens with zero attached hydrogens (tertiary/aromatic N) is 2. The Balaban J connectivity index is 1.87. The number of rotatable bonds is 5. The van der Waals surface area contributed by atoms with Crippen LogP contribution < -0.4 is 10.1 Å². The lowest BCUT2D eigenvalue weighted by atomic mass is 9.90. The van der Waals surface area contributed by atoms with Crippen LogP contribution in [-0.4, -0.2) is 23.4 Å². The fourth-order valence-electron chi connectivity index (χ4n) is 2.96. The van der Waals surface area contributed by atoms with Gasteiger partial charge in [0.05, 0.1) is 12.8 Å². The molecule has 1 aliphatic heterocycles. The summed E-state index contributed by atoms with van der Waals surface area (Å²) in [4.78, 5) is 0. The standard InChI is InChI=1S/C16H21N3O/c1-3-8-19-10-12(9-18-19)16(17-2)14-11-20-15-7-5-4-6-13(14)15/h4-7,9-10,14,16-17H,3,8,11H2,1-2H3. The molecule has 0 fully saturated rings. The molecule has 0 spiro atoms. The fourth-order valence-corrected chi connectivity index (χ4v) is 2.96. The minimum atomic E-state index is 0.240. The molecule has 2 unspecified atom stereocenters. The maximum absolute atomic E-state index is 5.80. The van der Waals surface area contributed by atoms with Gasteiger partial charge in [-0.25, -0.2) is 0 Å². The number of likely N-dealkylation sites (N-methyl/N-ethyl adjacent to an activating group) is 1. The van der Waals surface area contributed by atoms with Crippen molar-refractivity contribution in [3.05, 3.63) is 47.8 Å². The van der Waals surface area contributed by atoms with Gasteiger partial charge in [-0.3, -0.25) is 4.68 Å². The van der Waals surface area contributed by atoms with E-state index in [2.05, 4.69) is 35.7 Å². The molecule has 1 aromatic heterocycles. The van der Waals surface area contributed by atoms with Crippen molar-refractivity contribution < 1.29 is 4.74 Å². The highest BCUT2D eigenvalue weighted by Gasteiger charge is 2.31. The third kappa shape index (κ3) is 2.31. The quantitative estimate of drug-likeness (QED) is 0.909. The van der Waals surface area contributed by atoms with Crippen LogP contribution in [0.5, 0.6) is 5.75 Å². The first kappa shape index (κ1) is 13.2. The van der Waals surface area contributed by atoms with Crippen molar-refractivity contribution in [3.8, 4) is 5.75 Å². The van der Waals surface area contributed by atoms with Crippen molar-refractivity contribution in [3.63, 3.8) is 0 Å². The molecule has 1 aliphatic rings. The van der Waals surface area contributed by atoms with Crippen LogP contribution in [-0.2, 0) is 6.54 Å². The maximum Gasteiger partial charge on any atom is 0.122 e. The third-order valence-electron chi connectivity index (χ3n) is 3.92. The van der Waals surface area contributed by atoms with Crippen LogP contribution in [0.2, 0.25) is 0 Å². The molecule has 1 aromatic carbocycles. The van der Waals surface area contributed by atoms with Gasteiger partial charge in [-0.2, -0.15) is 5.10 Å². The second-order valence-electron chi connectivity index (χ2n) is 5.26. The molecule has 106 valence electrons. The number of fused-ring (bicyclic) bond motifs is 1. The highest BCUT2D eigenvalue weighted by atomic mass is 16.5. The number of benzene rings is 1. The van der Waals surface area contributed by atoms with Crippen LogP contribution in [0.25, 0.3) is 0 Å². The lowest BCUT2D eigenvalue weighted by Gasteiger charge is -2.21. The number of para-hydroxylation sites is 1. The highest BCUT2D eigenvalue weighted by Crippen LogP contribution is 2.40. The number of nitrogens with one attached hydrogen (secondary N) is 1. The largest absolute Gasteiger partial charge is 0.493 e. The Labute approximate surface area is 119 Å². The van der Waals surface area contributed by atoms with Crippen LogP contribution in [0, 0.1) is 0 Å². The molecule has 0 radical (unpaired) electrons. The Morgan fingerprint density at radius 3 is 3.10 bits per heavy atom. The van der Waals surface area contributed by atoms with Crippen LogP contribution in [0.1, 0.15) is 36.4 Å². The average molecular weight is 271 g/mol. The summed E-state index contributed by atoms with van der Waals surface area (Å²) >= 11 is 0. The van der Waals surface area contributed by atoms with Gasteiger partial charge >= 0.3 is 0 Å². The first-order chi connectivity index (χ1) is 9.83. The van der Waals surface area contributed by atoms with Gasteiger partial charge in [-0.05, 0) is 19.5 Å². The number of ether oxygens (including phenoxy) is 1. The number of hydrogen-bond donors (Lipinski definition) is 1. The monoisotopic (exact) mass is 271 g/mol. The summed E-state index contributed by atoms with van der Waals surface area (Å²) in [5, 5.41) is 7.86. The Morgan fingerprint density at radius 1 is 1.45 bits per heavy atom. The van der Waals surface area contributed by atoms with E-state index < -0.39 is 0 Å². The molecule has 4 nitrogen and oxygen atoms in total. The predicted molar refractivity (Wildman–Crippen MR) is 79.0 cm³/mol. The maximum atomic E-state index is 5.80. The highest BCUT2D eigenvalue weighted by molar-refractivity contribution is 5.41. The normalized spacial score (nSPS) is 18.6. The Bertz CT molecular complexity index is 579. The molecule has 2 aromatic rings. The van der Waals surface area contributed by atoms with E-state index in [-0.39, 0.29) is 6.04 Å². The molecular formula is C16H21N3O. The molecule has 2 atom stereocenters. The Hall–Kier alpha value is -1.81. The molecule has 3 rings (SSSR count). The van der Waals surface area contributed by atoms with Gasteiger partial charge in [0.15, 0.2) is 0 Å². The van der Waals surface area contributed by atoms with E-state index in [0.717, 1.165) is 25.3 Å². The van der Waals surface area contributed by atoms with Gasteiger partial charge in [-0.15, -0.1) is 0 Å². The van der Waals surface area contributed by atoms with Crippen molar-refractivity contribution in [1.82, 2.24) is 15.1 Å². The molecule has 0 saturated carbocycles. The summed E-state index contributed by atoms with van der Waals surface area (Å²) in [5.41, 5.74) is 2.52. The number of aromatic nitrogens is 2. The average Bonchev–Trinajstić information content (AvgIpc) is 3.09. The summed E-state index contributed by atoms with van der Waals surface area (Å²) in [6.07, 6.45) is 5.21. The first-order valence-electron chi connectivity index (χ1n) is 7.24. The number of hydrogen-bond acceptors (Lipinski definition) is 3. The van der Waals surface area contributed by atoms with Crippen molar-refractivity contribution in [1.29, 1.82) is 0 Å². The molecular weight excluding hydrogens is 250 g/mol. The molecule has 0 bridgehead atoms. The lowest BCUT2D eigenvalue weighted by molar-refractivity contribution is 0.304. The Kier molecular flexibility index (Phi) is 3.74. The van der Waals surface area contributed by atoms with E-state index in [1.54, 1.807) is 0 Å². The van der Waals surface area contributed by atoms with Gasteiger partial charge in [0.1, 0.15) is 5.75 Å². The van der Waals surface area contributed by atoms with Crippen molar-refractivity contribution in [2.75, 3.05) is 13.7 Å². The van der Waals surface area contributed by atoms with E-state index in [0.29, 0.717) is 5.92 Å². The predicted octanol–water partition coefficient (Wildman–Crippen LogP) is 2.73. The van der Waals surface area contributed by atoms with E-state index in [4.69, 9.17) is 4.74 Å². The van der Waals surface area contributed by atoms with Gasteiger partial charge in [0, 0.05) is 35.8 Å². The zero-order valence-electron chi connectivity index (χ0n) is 12.0. The minimum Gasteiger partial charge on any atom is -0.493 e. The van der Waals surface area contributed by atoms with E-state index in [9.17, 15) is 0 Å². The summed E-state index contributed by atoms with van der Waals surface area (Å²) in [6, 6.07) is 8.54. The molecule has 20 heavy (non-hydrogen) atoms. The molecule has 0 aliphatic carbocycles. The van der Waals surface area contributed by atoms with Crippen LogP contribution in [0.3, 0.4) is 0 Å². The van der Waals surface area contributed by atoms with Crippen LogP contribution in [0.15, 0.2) is 36.7 Å². The second kappa shape index (κ2) is 5.67. The minimum absolute atomic E-state index is 0.240. The zero-order valence-corrected chi connectivity index (χ0v) is 12.0. The zero-order chi connectivity index (χ0) is 13.9. The Morgan fingerprint density at radius 2 is 2.30 bits per heavy atom. The van der Waals surface area contributed by atoms with Gasteiger partial charge in [-0.1, -0.05) is 25.1 Å². The third-order valence-corrected chi connectivity index (χ3v) is 3.92. The number of aryl methyl sites for hydroxylation is 1. The summed E-state index contributed by atoms with van der Waals surface area (Å²) in [7, 11) is 2.00. The molecule has 2 heterocycles. The summed E-state index contributed by atoms with van der Waals surface area (Å²) in [5.74, 6) is 1.36. The second-order valence-corrected chi connectivity index (χ2v) is 5.26. The van der Waals surface area contributed by atoms with Crippen molar-refractivity contribution in [2.24, 2.45) is 0 Å². The SMILES string of the molecule is CCCn1cc(C(NC)C2COc3ccccc32)cn1. The molecule has 0 amide bonds. The molecule has 1 N–H and O–H groups in total. The fraction of sp³-hybridized carbons (Fsp3) is 0.438. The first-order valence-corrected chi connectivity index (χ1v) is 7.24. The smallest absolute Gasteiger partial charge is 0.122 e. The van der Waals surface area contributed by atoms with E-state index in [1.807, 2.05) is 30.1 Å². The van der Waals surface area contributed by atoms with Gasteiger partial charge in [0.25, 0.3) is 0 Å². The topological polar surface area (TPSA) is 39.1 Å². The van der Waals surface area contributed by atoms with Crippen LogP contribution in [0.4, 0.5) is 0 Å². The van der Waals surface area contributed by atoms with Crippen molar-refractivity contribution in [2.45, 2.75) is 31.8 Å². The molecule has 4 heteroatoms. The van der Waals surface area contributed by atoms with E-state index >= 15 is 0 Å². The van der Waals surface area contributed by atoms with E-state index in [1.165, 1.54) is 11.1 Å². The summed E-state index contributed by atoms with van der Waals surface area (Å²) < 4.78 is 7.82. The van der Waals surface area contributed by atoms with Gasteiger partial charge in [0.2, 0.25) is 0 Å².